The van der Waals surface area contributed by atoms with E-state index in [0.29, 0.717) is 18.2 Å². The van der Waals surface area contributed by atoms with Crippen LogP contribution in [0.3, 0.4) is 0 Å². The van der Waals surface area contributed by atoms with E-state index in [0.717, 1.165) is 24.3 Å². The van der Waals surface area contributed by atoms with E-state index in [-0.39, 0.29) is 23.0 Å². The molecule has 20 heavy (non-hydrogen) atoms. The molecule has 0 N–H and O–H groups in total. The summed E-state index contributed by atoms with van der Waals surface area (Å²) in [4.78, 5) is 33.6. The highest BCUT2D eigenvalue weighted by Gasteiger charge is 2.42. The van der Waals surface area contributed by atoms with E-state index in [4.69, 9.17) is 4.74 Å². The van der Waals surface area contributed by atoms with Gasteiger partial charge in [-0.05, 0) is 29.7 Å². The quantitative estimate of drug-likeness (QED) is 0.694. The summed E-state index contributed by atoms with van der Waals surface area (Å²) in [5.41, 5.74) is 1.23. The molecule has 1 aliphatic carbocycles. The number of rotatable bonds is 1. The fraction of sp³-hybridized carbons (Fsp3) is 0.538. The van der Waals surface area contributed by atoms with Gasteiger partial charge >= 0.3 is 5.97 Å². The number of nitrogens with zero attached hydrogens (tertiary/aromatic N) is 2. The predicted octanol–water partition coefficient (Wildman–Crippen LogP) is 2.13. The molecule has 2 unspecified atom stereocenters. The lowest BCUT2D eigenvalue weighted by atomic mass is 9.98. The number of hydrogen-bond donors (Lipinski definition) is 0. The van der Waals surface area contributed by atoms with Gasteiger partial charge in [-0.15, -0.1) is 0 Å². The predicted molar refractivity (Wildman–Crippen MR) is 78.8 cm³/mol. The first kappa shape index (κ1) is 12.6. The zero-order chi connectivity index (χ0) is 13.7. The fourth-order valence-electron chi connectivity index (χ4n) is 2.88. The molecule has 1 fully saturated rings. The third-order valence-electron chi connectivity index (χ3n) is 3.82. The van der Waals surface area contributed by atoms with E-state index in [2.05, 4.69) is 9.98 Å². The SMILES string of the molecule is O=C1OCCC1SC1=NC(=O)C2C(=N1)SC1=C2CCC1. The number of amidine groups is 1. The minimum Gasteiger partial charge on any atom is -0.465 e. The molecule has 0 aromatic rings. The molecule has 4 rings (SSSR count). The molecule has 1 saturated heterocycles. The van der Waals surface area contributed by atoms with Crippen molar-refractivity contribution in [2.24, 2.45) is 15.9 Å². The standard InChI is InChI=1S/C13H12N2O3S2/c16-10-9-6-2-1-3-7(6)19-11(9)15-13(14-10)20-8-4-5-18-12(8)17/h8-9H,1-5H2. The Kier molecular flexibility index (Phi) is 2.99. The molecule has 2 atom stereocenters. The van der Waals surface area contributed by atoms with Crippen molar-refractivity contribution in [1.82, 2.24) is 0 Å². The van der Waals surface area contributed by atoms with E-state index < -0.39 is 0 Å². The Morgan fingerprint density at radius 1 is 1.25 bits per heavy atom. The van der Waals surface area contributed by atoms with Crippen LogP contribution in [0.2, 0.25) is 0 Å². The van der Waals surface area contributed by atoms with Gasteiger partial charge in [-0.2, -0.15) is 4.99 Å². The van der Waals surface area contributed by atoms with Crippen molar-refractivity contribution in [1.29, 1.82) is 0 Å². The maximum Gasteiger partial charge on any atom is 0.319 e. The number of amides is 1. The van der Waals surface area contributed by atoms with Gasteiger partial charge in [-0.25, -0.2) is 4.99 Å². The molecular formula is C13H12N2O3S2. The molecule has 4 aliphatic rings. The number of aliphatic imine (C=N–C) groups is 2. The van der Waals surface area contributed by atoms with Crippen LogP contribution >= 0.6 is 23.5 Å². The highest BCUT2D eigenvalue weighted by molar-refractivity contribution is 8.18. The first-order valence-corrected chi connectivity index (χ1v) is 8.36. The van der Waals surface area contributed by atoms with Gasteiger partial charge in [-0.1, -0.05) is 23.5 Å². The number of thioether (sulfide) groups is 2. The lowest BCUT2D eigenvalue weighted by Gasteiger charge is -2.16. The van der Waals surface area contributed by atoms with Gasteiger partial charge in [0.1, 0.15) is 11.2 Å². The summed E-state index contributed by atoms with van der Waals surface area (Å²) in [7, 11) is 0. The average Bonchev–Trinajstić information content (AvgIpc) is 3.06. The summed E-state index contributed by atoms with van der Waals surface area (Å²) in [5, 5.41) is 0.996. The molecule has 0 aromatic carbocycles. The van der Waals surface area contributed by atoms with Gasteiger partial charge in [0.2, 0.25) is 0 Å². The average molecular weight is 308 g/mol. The number of allylic oxidation sites excluding steroid dienone is 1. The largest absolute Gasteiger partial charge is 0.465 e. The smallest absolute Gasteiger partial charge is 0.319 e. The van der Waals surface area contributed by atoms with Crippen molar-refractivity contribution >= 4 is 45.6 Å². The number of cyclic esters (lactones) is 1. The van der Waals surface area contributed by atoms with Gasteiger partial charge in [0, 0.05) is 6.42 Å². The first-order chi connectivity index (χ1) is 9.72. The number of fused-ring (bicyclic) bond motifs is 2. The van der Waals surface area contributed by atoms with Crippen LogP contribution in [0, 0.1) is 5.92 Å². The van der Waals surface area contributed by atoms with Gasteiger partial charge in [-0.3, -0.25) is 9.59 Å². The van der Waals surface area contributed by atoms with Crippen molar-refractivity contribution in [3.8, 4) is 0 Å². The highest BCUT2D eigenvalue weighted by atomic mass is 32.2. The van der Waals surface area contributed by atoms with E-state index in [1.165, 1.54) is 22.2 Å². The summed E-state index contributed by atoms with van der Waals surface area (Å²) in [5.74, 6) is -0.576. The molecule has 7 heteroatoms. The fourth-order valence-corrected chi connectivity index (χ4v) is 5.21. The Bertz CT molecular complexity index is 609. The van der Waals surface area contributed by atoms with Crippen molar-refractivity contribution < 1.29 is 14.3 Å². The zero-order valence-electron chi connectivity index (χ0n) is 10.6. The molecule has 3 heterocycles. The zero-order valence-corrected chi connectivity index (χ0v) is 12.3. The molecule has 0 radical (unpaired) electrons. The number of esters is 1. The lowest BCUT2D eigenvalue weighted by Crippen LogP contribution is -2.25. The Hall–Kier alpha value is -1.08. The Morgan fingerprint density at radius 2 is 2.15 bits per heavy atom. The van der Waals surface area contributed by atoms with Gasteiger partial charge in [0.25, 0.3) is 5.91 Å². The number of carbonyl (C=O) groups excluding carboxylic acids is 2. The minimum atomic E-state index is -0.270. The minimum absolute atomic E-state index is 0.122. The molecule has 5 nitrogen and oxygen atoms in total. The maximum atomic E-state index is 12.2. The number of hydrogen-bond acceptors (Lipinski definition) is 6. The summed E-state index contributed by atoms with van der Waals surface area (Å²) >= 11 is 2.88. The molecule has 104 valence electrons. The van der Waals surface area contributed by atoms with Crippen LogP contribution in [0.4, 0.5) is 0 Å². The Morgan fingerprint density at radius 3 is 2.95 bits per heavy atom. The molecule has 0 aromatic heterocycles. The van der Waals surface area contributed by atoms with E-state index in [9.17, 15) is 9.59 Å². The molecule has 0 saturated carbocycles. The molecule has 0 bridgehead atoms. The lowest BCUT2D eigenvalue weighted by molar-refractivity contribution is -0.137. The van der Waals surface area contributed by atoms with Crippen LogP contribution in [0.1, 0.15) is 25.7 Å². The topological polar surface area (TPSA) is 68.1 Å². The summed E-state index contributed by atoms with van der Waals surface area (Å²) in [6, 6.07) is 0. The van der Waals surface area contributed by atoms with Crippen LogP contribution in [0.25, 0.3) is 0 Å². The highest BCUT2D eigenvalue weighted by Crippen LogP contribution is 2.49. The van der Waals surface area contributed by atoms with Crippen LogP contribution in [-0.2, 0) is 14.3 Å². The molecule has 1 amide bonds. The molecular weight excluding hydrogens is 296 g/mol. The second-order valence-electron chi connectivity index (χ2n) is 5.08. The van der Waals surface area contributed by atoms with Crippen LogP contribution in [0.5, 0.6) is 0 Å². The monoisotopic (exact) mass is 308 g/mol. The van der Waals surface area contributed by atoms with Crippen LogP contribution < -0.4 is 0 Å². The second kappa shape index (κ2) is 4.73. The maximum absolute atomic E-state index is 12.2. The first-order valence-electron chi connectivity index (χ1n) is 6.66. The number of carbonyl (C=O) groups is 2. The summed E-state index contributed by atoms with van der Waals surface area (Å²) in [6.45, 7) is 0.446. The number of ether oxygens (including phenoxy) is 1. The Balaban J connectivity index is 1.56. The molecule has 3 aliphatic heterocycles. The van der Waals surface area contributed by atoms with Crippen LogP contribution in [-0.4, -0.2) is 33.9 Å². The van der Waals surface area contributed by atoms with Crippen molar-refractivity contribution in [3.05, 3.63) is 10.5 Å². The van der Waals surface area contributed by atoms with Gasteiger partial charge in [0.05, 0.1) is 11.7 Å². The van der Waals surface area contributed by atoms with E-state index in [1.807, 2.05) is 0 Å². The Labute approximate surface area is 124 Å². The van der Waals surface area contributed by atoms with Gasteiger partial charge in [0.15, 0.2) is 5.17 Å². The van der Waals surface area contributed by atoms with Crippen LogP contribution in [0.15, 0.2) is 20.5 Å². The van der Waals surface area contributed by atoms with Gasteiger partial charge < -0.3 is 4.74 Å². The normalized spacial score (nSPS) is 32.0. The van der Waals surface area contributed by atoms with Crippen molar-refractivity contribution in [2.45, 2.75) is 30.9 Å². The second-order valence-corrected chi connectivity index (χ2v) is 7.37. The van der Waals surface area contributed by atoms with Crippen molar-refractivity contribution in [3.63, 3.8) is 0 Å². The van der Waals surface area contributed by atoms with Crippen molar-refractivity contribution in [2.75, 3.05) is 6.61 Å². The summed E-state index contributed by atoms with van der Waals surface area (Å²) < 4.78 is 4.92. The van der Waals surface area contributed by atoms with E-state index in [1.54, 1.807) is 11.8 Å². The third-order valence-corrected chi connectivity index (χ3v) is 6.18. The molecule has 0 spiro atoms. The third kappa shape index (κ3) is 1.95. The summed E-state index contributed by atoms with van der Waals surface area (Å²) in [6.07, 6.45) is 3.84. The van der Waals surface area contributed by atoms with E-state index >= 15 is 0 Å².